The summed E-state index contributed by atoms with van der Waals surface area (Å²) in [6, 6.07) is 12.7. The minimum atomic E-state index is -0.163. The fourth-order valence-electron chi connectivity index (χ4n) is 1.60. The maximum Gasteiger partial charge on any atom is 0.255 e. The van der Waals surface area contributed by atoms with E-state index in [9.17, 15) is 4.79 Å². The molecule has 92 valence electrons. The minimum absolute atomic E-state index is 0.163. The molecule has 3 nitrogen and oxygen atoms in total. The topological polar surface area (TPSA) is 55.1 Å². The van der Waals surface area contributed by atoms with Crippen LogP contribution in [-0.2, 0) is 0 Å². The Morgan fingerprint density at radius 1 is 1.22 bits per heavy atom. The molecule has 0 atom stereocenters. The molecule has 3 N–H and O–H groups in total. The van der Waals surface area contributed by atoms with Gasteiger partial charge < -0.3 is 11.1 Å². The third-order valence-electron chi connectivity index (χ3n) is 2.60. The number of nitrogens with one attached hydrogen (secondary N) is 1. The average Bonchev–Trinajstić information content (AvgIpc) is 2.34. The number of carbonyl (C=O) groups is 1. The maximum absolute atomic E-state index is 12.0. The Hall–Kier alpha value is -1.81. The highest BCUT2D eigenvalue weighted by Crippen LogP contribution is 2.21. The van der Waals surface area contributed by atoms with E-state index >= 15 is 0 Å². The smallest absolute Gasteiger partial charge is 0.255 e. The molecule has 0 spiro atoms. The van der Waals surface area contributed by atoms with Gasteiger partial charge in [-0.25, -0.2) is 0 Å². The lowest BCUT2D eigenvalue weighted by Gasteiger charge is -2.09. The average molecular weight is 305 g/mol. The summed E-state index contributed by atoms with van der Waals surface area (Å²) >= 11 is 3.38. The molecule has 0 unspecified atom stereocenters. The van der Waals surface area contributed by atoms with Crippen LogP contribution < -0.4 is 11.1 Å². The second-order valence-electron chi connectivity index (χ2n) is 4.04. The highest BCUT2D eigenvalue weighted by atomic mass is 79.9. The SMILES string of the molecule is Cc1ccc(Br)cc1NC(=O)c1cccc(N)c1. The van der Waals surface area contributed by atoms with Gasteiger partial charge in [-0.1, -0.05) is 28.1 Å². The Kier molecular flexibility index (Phi) is 3.67. The molecule has 0 aliphatic rings. The molecule has 0 aliphatic heterocycles. The number of carbonyl (C=O) groups excluding carboxylic acids is 1. The Morgan fingerprint density at radius 3 is 2.72 bits per heavy atom. The van der Waals surface area contributed by atoms with E-state index in [1.807, 2.05) is 25.1 Å². The quantitative estimate of drug-likeness (QED) is 0.833. The monoisotopic (exact) mass is 304 g/mol. The van der Waals surface area contributed by atoms with Crippen LogP contribution in [0.2, 0.25) is 0 Å². The third-order valence-corrected chi connectivity index (χ3v) is 3.09. The van der Waals surface area contributed by atoms with E-state index in [4.69, 9.17) is 5.73 Å². The van der Waals surface area contributed by atoms with Gasteiger partial charge in [0, 0.05) is 21.4 Å². The van der Waals surface area contributed by atoms with Crippen molar-refractivity contribution in [3.8, 4) is 0 Å². The summed E-state index contributed by atoms with van der Waals surface area (Å²) in [6.45, 7) is 1.95. The van der Waals surface area contributed by atoms with Gasteiger partial charge in [0.25, 0.3) is 5.91 Å². The Balaban J connectivity index is 2.24. The number of benzene rings is 2. The number of nitrogens with two attached hydrogens (primary N) is 1. The number of halogens is 1. The normalized spacial score (nSPS) is 10.1. The molecule has 2 rings (SSSR count). The van der Waals surface area contributed by atoms with Crippen LogP contribution in [0.25, 0.3) is 0 Å². The van der Waals surface area contributed by atoms with Crippen molar-refractivity contribution >= 4 is 33.2 Å². The van der Waals surface area contributed by atoms with Crippen LogP contribution in [0.15, 0.2) is 46.9 Å². The predicted octanol–water partition coefficient (Wildman–Crippen LogP) is 3.59. The molecule has 2 aromatic rings. The molecule has 0 heterocycles. The van der Waals surface area contributed by atoms with Crippen LogP contribution >= 0.6 is 15.9 Å². The van der Waals surface area contributed by atoms with Crippen molar-refractivity contribution in [1.82, 2.24) is 0 Å². The van der Waals surface area contributed by atoms with Crippen molar-refractivity contribution in [2.45, 2.75) is 6.92 Å². The van der Waals surface area contributed by atoms with Gasteiger partial charge in [-0.3, -0.25) is 4.79 Å². The van der Waals surface area contributed by atoms with Crippen LogP contribution in [0.5, 0.6) is 0 Å². The fraction of sp³-hybridized carbons (Fsp3) is 0.0714. The van der Waals surface area contributed by atoms with Gasteiger partial charge in [-0.05, 0) is 42.8 Å². The van der Waals surface area contributed by atoms with Crippen molar-refractivity contribution in [3.63, 3.8) is 0 Å². The van der Waals surface area contributed by atoms with Gasteiger partial charge in [0.1, 0.15) is 0 Å². The van der Waals surface area contributed by atoms with E-state index in [-0.39, 0.29) is 5.91 Å². The van der Waals surface area contributed by atoms with Crippen LogP contribution in [0.3, 0.4) is 0 Å². The van der Waals surface area contributed by atoms with Crippen LogP contribution in [0.4, 0.5) is 11.4 Å². The first-order valence-electron chi connectivity index (χ1n) is 5.49. The molecule has 2 aromatic carbocycles. The summed E-state index contributed by atoms with van der Waals surface area (Å²) in [7, 11) is 0. The zero-order valence-electron chi connectivity index (χ0n) is 9.91. The standard InChI is InChI=1S/C14H13BrN2O/c1-9-5-6-11(15)8-13(9)17-14(18)10-3-2-4-12(16)7-10/h2-8H,16H2,1H3,(H,17,18). The summed E-state index contributed by atoms with van der Waals surface area (Å²) in [6.07, 6.45) is 0. The van der Waals surface area contributed by atoms with Crippen LogP contribution in [0, 0.1) is 6.92 Å². The minimum Gasteiger partial charge on any atom is -0.399 e. The molecule has 18 heavy (non-hydrogen) atoms. The van der Waals surface area contributed by atoms with E-state index in [1.54, 1.807) is 24.3 Å². The highest BCUT2D eigenvalue weighted by molar-refractivity contribution is 9.10. The summed E-state index contributed by atoms with van der Waals surface area (Å²) in [4.78, 5) is 12.0. The van der Waals surface area contributed by atoms with Gasteiger partial charge in [-0.15, -0.1) is 0 Å². The van der Waals surface area contributed by atoms with Gasteiger partial charge in [-0.2, -0.15) is 0 Å². The number of nitrogen functional groups attached to an aromatic ring is 1. The predicted molar refractivity (Wildman–Crippen MR) is 77.7 cm³/mol. The van der Waals surface area contributed by atoms with Gasteiger partial charge >= 0.3 is 0 Å². The highest BCUT2D eigenvalue weighted by Gasteiger charge is 2.08. The number of amides is 1. The lowest BCUT2D eigenvalue weighted by Crippen LogP contribution is -2.13. The molecular formula is C14H13BrN2O. The van der Waals surface area contributed by atoms with Gasteiger partial charge in [0.2, 0.25) is 0 Å². The lowest BCUT2D eigenvalue weighted by atomic mass is 10.1. The Morgan fingerprint density at radius 2 is 2.00 bits per heavy atom. The second-order valence-corrected chi connectivity index (χ2v) is 4.95. The first-order valence-corrected chi connectivity index (χ1v) is 6.28. The summed E-state index contributed by atoms with van der Waals surface area (Å²) in [5, 5.41) is 2.87. The molecule has 0 aliphatic carbocycles. The maximum atomic E-state index is 12.0. The molecular weight excluding hydrogens is 292 g/mol. The van der Waals surface area contributed by atoms with Crippen molar-refractivity contribution < 1.29 is 4.79 Å². The second kappa shape index (κ2) is 5.23. The van der Waals surface area contributed by atoms with E-state index < -0.39 is 0 Å². The summed E-state index contributed by atoms with van der Waals surface area (Å²) in [5.74, 6) is -0.163. The van der Waals surface area contributed by atoms with Gasteiger partial charge in [0.05, 0.1) is 0 Å². The van der Waals surface area contributed by atoms with E-state index in [2.05, 4.69) is 21.2 Å². The summed E-state index contributed by atoms with van der Waals surface area (Å²) < 4.78 is 0.927. The number of aryl methyl sites for hydroxylation is 1. The number of rotatable bonds is 2. The zero-order chi connectivity index (χ0) is 13.1. The molecule has 0 saturated carbocycles. The molecule has 4 heteroatoms. The van der Waals surface area contributed by atoms with Crippen molar-refractivity contribution in [2.24, 2.45) is 0 Å². The van der Waals surface area contributed by atoms with Crippen molar-refractivity contribution in [1.29, 1.82) is 0 Å². The van der Waals surface area contributed by atoms with Gasteiger partial charge in [0.15, 0.2) is 0 Å². The molecule has 0 radical (unpaired) electrons. The Labute approximate surface area is 114 Å². The first kappa shape index (κ1) is 12.6. The summed E-state index contributed by atoms with van der Waals surface area (Å²) in [5.41, 5.74) is 8.58. The third kappa shape index (κ3) is 2.90. The van der Waals surface area contributed by atoms with Crippen molar-refractivity contribution in [2.75, 3.05) is 11.1 Å². The van der Waals surface area contributed by atoms with Crippen LogP contribution in [0.1, 0.15) is 15.9 Å². The van der Waals surface area contributed by atoms with Crippen LogP contribution in [-0.4, -0.2) is 5.91 Å². The largest absolute Gasteiger partial charge is 0.399 e. The van der Waals surface area contributed by atoms with Crippen molar-refractivity contribution in [3.05, 3.63) is 58.1 Å². The Bertz CT molecular complexity index is 596. The van der Waals surface area contributed by atoms with E-state index in [0.29, 0.717) is 11.3 Å². The number of hydrogen-bond acceptors (Lipinski definition) is 2. The zero-order valence-corrected chi connectivity index (χ0v) is 11.5. The molecule has 0 aromatic heterocycles. The lowest BCUT2D eigenvalue weighted by molar-refractivity contribution is 0.102. The molecule has 0 fully saturated rings. The molecule has 0 bridgehead atoms. The van der Waals surface area contributed by atoms with E-state index in [1.165, 1.54) is 0 Å². The molecule has 1 amide bonds. The van der Waals surface area contributed by atoms with E-state index in [0.717, 1.165) is 15.7 Å². The number of anilines is 2. The number of hydrogen-bond donors (Lipinski definition) is 2. The first-order chi connectivity index (χ1) is 8.56. The molecule has 0 saturated heterocycles. The fourth-order valence-corrected chi connectivity index (χ4v) is 1.96.